The van der Waals surface area contributed by atoms with Gasteiger partial charge < -0.3 is 5.11 Å². The molecule has 15 heavy (non-hydrogen) atoms. The molecule has 1 aromatic rings. The third kappa shape index (κ3) is 1.75. The normalized spacial score (nSPS) is 24.4. The summed E-state index contributed by atoms with van der Waals surface area (Å²) in [6.45, 7) is 2.26. The van der Waals surface area contributed by atoms with Gasteiger partial charge in [0, 0.05) is 5.41 Å². The van der Waals surface area contributed by atoms with E-state index in [9.17, 15) is 5.11 Å². The molecule has 0 aliphatic heterocycles. The van der Waals surface area contributed by atoms with Crippen LogP contribution in [0.25, 0.3) is 0 Å². The van der Waals surface area contributed by atoms with Gasteiger partial charge in [-0.2, -0.15) is 0 Å². The highest BCUT2D eigenvalue weighted by atomic mass is 16.3. The van der Waals surface area contributed by atoms with E-state index >= 15 is 0 Å². The molecule has 0 heterocycles. The fourth-order valence-corrected chi connectivity index (χ4v) is 2.20. The summed E-state index contributed by atoms with van der Waals surface area (Å²) in [5.74, 6) is 0. The van der Waals surface area contributed by atoms with Crippen molar-refractivity contribution in [3.63, 3.8) is 0 Å². The Balaban J connectivity index is 2.47. The standard InChI is InChI=1S/C14H16O/c1-12-7-3-4-8-13(12)14(11-15)9-5-2-6-10-14/h2-9,15H,10-11H2,1H3. The van der Waals surface area contributed by atoms with Gasteiger partial charge in [0.15, 0.2) is 0 Å². The van der Waals surface area contributed by atoms with Gasteiger partial charge in [-0.15, -0.1) is 0 Å². The molecule has 1 nitrogen and oxygen atoms in total. The molecule has 0 fully saturated rings. The lowest BCUT2D eigenvalue weighted by atomic mass is 9.74. The molecule has 0 bridgehead atoms. The number of aryl methyl sites for hydroxylation is 1. The highest BCUT2D eigenvalue weighted by Crippen LogP contribution is 2.33. The molecule has 1 heteroatoms. The van der Waals surface area contributed by atoms with E-state index in [-0.39, 0.29) is 12.0 Å². The fraction of sp³-hybridized carbons (Fsp3) is 0.286. The van der Waals surface area contributed by atoms with Crippen LogP contribution in [-0.2, 0) is 5.41 Å². The van der Waals surface area contributed by atoms with E-state index < -0.39 is 0 Å². The Labute approximate surface area is 90.8 Å². The molecule has 2 rings (SSSR count). The van der Waals surface area contributed by atoms with Gasteiger partial charge in [-0.3, -0.25) is 0 Å². The maximum atomic E-state index is 9.63. The van der Waals surface area contributed by atoms with E-state index in [1.165, 1.54) is 11.1 Å². The van der Waals surface area contributed by atoms with Crippen molar-refractivity contribution in [3.05, 3.63) is 59.7 Å². The van der Waals surface area contributed by atoms with Crippen LogP contribution in [0.15, 0.2) is 48.6 Å². The predicted octanol–water partition coefficient (Wildman–Crippen LogP) is 2.74. The molecule has 0 radical (unpaired) electrons. The molecule has 0 saturated heterocycles. The van der Waals surface area contributed by atoms with E-state index in [0.717, 1.165) is 6.42 Å². The molecule has 1 N–H and O–H groups in total. The molecule has 0 spiro atoms. The van der Waals surface area contributed by atoms with E-state index in [2.05, 4.69) is 31.2 Å². The average Bonchev–Trinajstić information content (AvgIpc) is 2.30. The lowest BCUT2D eigenvalue weighted by Crippen LogP contribution is -2.29. The number of aliphatic hydroxyl groups is 1. The lowest BCUT2D eigenvalue weighted by Gasteiger charge is -2.31. The molecule has 1 aliphatic rings. The third-order valence-electron chi connectivity index (χ3n) is 3.11. The van der Waals surface area contributed by atoms with Crippen LogP contribution < -0.4 is 0 Å². The minimum Gasteiger partial charge on any atom is -0.395 e. The number of allylic oxidation sites excluding steroid dienone is 3. The Morgan fingerprint density at radius 1 is 1.27 bits per heavy atom. The highest BCUT2D eigenvalue weighted by molar-refractivity contribution is 5.40. The van der Waals surface area contributed by atoms with E-state index in [4.69, 9.17) is 0 Å². The zero-order valence-electron chi connectivity index (χ0n) is 8.98. The molecule has 0 saturated carbocycles. The van der Waals surface area contributed by atoms with Crippen molar-refractivity contribution in [2.75, 3.05) is 6.61 Å². The molecular weight excluding hydrogens is 184 g/mol. The summed E-state index contributed by atoms with van der Waals surface area (Å²) in [7, 11) is 0. The number of hydrogen-bond acceptors (Lipinski definition) is 1. The molecule has 0 amide bonds. The monoisotopic (exact) mass is 200 g/mol. The summed E-state index contributed by atoms with van der Waals surface area (Å²) in [4.78, 5) is 0. The molecule has 1 aromatic carbocycles. The van der Waals surface area contributed by atoms with Crippen LogP contribution in [0.4, 0.5) is 0 Å². The second-order valence-corrected chi connectivity index (χ2v) is 4.12. The zero-order chi connectivity index (χ0) is 10.7. The van der Waals surface area contributed by atoms with Crippen molar-refractivity contribution >= 4 is 0 Å². The molecule has 0 aromatic heterocycles. The van der Waals surface area contributed by atoms with Gasteiger partial charge in [-0.1, -0.05) is 48.6 Å². The van der Waals surface area contributed by atoms with Gasteiger partial charge in [0.25, 0.3) is 0 Å². The fourth-order valence-electron chi connectivity index (χ4n) is 2.20. The first-order valence-corrected chi connectivity index (χ1v) is 5.30. The van der Waals surface area contributed by atoms with Crippen LogP contribution in [0, 0.1) is 6.92 Å². The molecule has 78 valence electrons. The largest absolute Gasteiger partial charge is 0.395 e. The molecule has 1 atom stereocenters. The highest BCUT2D eigenvalue weighted by Gasteiger charge is 2.29. The van der Waals surface area contributed by atoms with Crippen molar-refractivity contribution in [1.29, 1.82) is 0 Å². The maximum absolute atomic E-state index is 9.63. The summed E-state index contributed by atoms with van der Waals surface area (Å²) in [6.07, 6.45) is 9.15. The molecule has 1 unspecified atom stereocenters. The quantitative estimate of drug-likeness (QED) is 0.778. The van der Waals surface area contributed by atoms with E-state index in [1.54, 1.807) is 0 Å². The van der Waals surface area contributed by atoms with Crippen LogP contribution in [0.3, 0.4) is 0 Å². The Bertz CT molecular complexity index is 404. The Morgan fingerprint density at radius 3 is 2.67 bits per heavy atom. The molecular formula is C14H16O. The summed E-state index contributed by atoms with van der Waals surface area (Å²) in [5.41, 5.74) is 2.26. The summed E-state index contributed by atoms with van der Waals surface area (Å²) in [6, 6.07) is 8.27. The van der Waals surface area contributed by atoms with Gasteiger partial charge in [0.2, 0.25) is 0 Å². The van der Waals surface area contributed by atoms with Crippen molar-refractivity contribution < 1.29 is 5.11 Å². The summed E-state index contributed by atoms with van der Waals surface area (Å²) in [5, 5.41) is 9.63. The van der Waals surface area contributed by atoms with E-state index in [1.807, 2.05) is 24.3 Å². The van der Waals surface area contributed by atoms with Crippen molar-refractivity contribution in [3.8, 4) is 0 Å². The van der Waals surface area contributed by atoms with Gasteiger partial charge in [-0.05, 0) is 24.5 Å². The van der Waals surface area contributed by atoms with Gasteiger partial charge in [-0.25, -0.2) is 0 Å². The minimum atomic E-state index is -0.208. The average molecular weight is 200 g/mol. The summed E-state index contributed by atoms with van der Waals surface area (Å²) >= 11 is 0. The first kappa shape index (κ1) is 10.2. The number of benzene rings is 1. The second-order valence-electron chi connectivity index (χ2n) is 4.12. The van der Waals surface area contributed by atoms with Crippen LogP contribution >= 0.6 is 0 Å². The minimum absolute atomic E-state index is 0.165. The third-order valence-corrected chi connectivity index (χ3v) is 3.11. The Kier molecular flexibility index (Phi) is 2.74. The predicted molar refractivity (Wildman–Crippen MR) is 62.8 cm³/mol. The topological polar surface area (TPSA) is 20.2 Å². The van der Waals surface area contributed by atoms with Crippen molar-refractivity contribution in [2.24, 2.45) is 0 Å². The first-order valence-electron chi connectivity index (χ1n) is 5.30. The van der Waals surface area contributed by atoms with Crippen LogP contribution in [0.5, 0.6) is 0 Å². The Morgan fingerprint density at radius 2 is 2.07 bits per heavy atom. The van der Waals surface area contributed by atoms with Crippen molar-refractivity contribution in [1.82, 2.24) is 0 Å². The molecule has 1 aliphatic carbocycles. The number of rotatable bonds is 2. The van der Waals surface area contributed by atoms with Crippen LogP contribution in [0.2, 0.25) is 0 Å². The van der Waals surface area contributed by atoms with E-state index in [0.29, 0.717) is 0 Å². The number of aliphatic hydroxyl groups excluding tert-OH is 1. The zero-order valence-corrected chi connectivity index (χ0v) is 8.98. The number of hydrogen-bond donors (Lipinski definition) is 1. The van der Waals surface area contributed by atoms with Crippen LogP contribution in [-0.4, -0.2) is 11.7 Å². The lowest BCUT2D eigenvalue weighted by molar-refractivity contribution is 0.224. The van der Waals surface area contributed by atoms with Gasteiger partial charge in [0.05, 0.1) is 6.61 Å². The first-order chi connectivity index (χ1) is 7.28. The van der Waals surface area contributed by atoms with Crippen LogP contribution in [0.1, 0.15) is 17.5 Å². The SMILES string of the molecule is Cc1ccccc1C1(CO)C=CC=CC1. The maximum Gasteiger partial charge on any atom is 0.0566 e. The van der Waals surface area contributed by atoms with Gasteiger partial charge in [0.1, 0.15) is 0 Å². The smallest absolute Gasteiger partial charge is 0.0566 e. The van der Waals surface area contributed by atoms with Crippen molar-refractivity contribution in [2.45, 2.75) is 18.8 Å². The second kappa shape index (κ2) is 4.03. The Hall–Kier alpha value is -1.34. The van der Waals surface area contributed by atoms with Gasteiger partial charge >= 0.3 is 0 Å². The summed E-state index contributed by atoms with van der Waals surface area (Å²) < 4.78 is 0.